The Morgan fingerprint density at radius 1 is 1.28 bits per heavy atom. The van der Waals surface area contributed by atoms with Crippen LogP contribution >= 0.6 is 15.9 Å². The van der Waals surface area contributed by atoms with E-state index < -0.39 is 17.7 Å². The summed E-state index contributed by atoms with van der Waals surface area (Å²) >= 11 is 2.97. The van der Waals surface area contributed by atoms with E-state index in [1.54, 1.807) is 19.2 Å². The average molecular weight is 314 g/mol. The maximum absolute atomic E-state index is 13.8. The zero-order valence-electron chi connectivity index (χ0n) is 9.49. The van der Waals surface area contributed by atoms with Crippen molar-refractivity contribution in [1.29, 1.82) is 0 Å². The van der Waals surface area contributed by atoms with Crippen LogP contribution in [0.2, 0.25) is 0 Å². The molecule has 18 heavy (non-hydrogen) atoms. The summed E-state index contributed by atoms with van der Waals surface area (Å²) < 4.78 is 27.6. The van der Waals surface area contributed by atoms with Crippen molar-refractivity contribution in [2.45, 2.75) is 13.0 Å². The highest BCUT2D eigenvalue weighted by atomic mass is 79.9. The molecular formula is C13H10BrF2NO. The lowest BCUT2D eigenvalue weighted by Crippen LogP contribution is -2.07. The van der Waals surface area contributed by atoms with Gasteiger partial charge in [-0.2, -0.15) is 0 Å². The molecule has 1 aromatic heterocycles. The van der Waals surface area contributed by atoms with Gasteiger partial charge in [0.1, 0.15) is 17.7 Å². The van der Waals surface area contributed by atoms with Crippen LogP contribution in [0.3, 0.4) is 0 Å². The van der Waals surface area contributed by atoms with Crippen LogP contribution in [0.1, 0.15) is 22.8 Å². The molecular weight excluding hydrogens is 304 g/mol. The van der Waals surface area contributed by atoms with Crippen molar-refractivity contribution in [3.63, 3.8) is 0 Å². The molecule has 0 fully saturated rings. The van der Waals surface area contributed by atoms with Crippen LogP contribution in [-0.4, -0.2) is 10.1 Å². The van der Waals surface area contributed by atoms with Gasteiger partial charge in [0.05, 0.1) is 10.0 Å². The summed E-state index contributed by atoms with van der Waals surface area (Å²) in [5.41, 5.74) is 0.782. The Balaban J connectivity index is 2.52. The summed E-state index contributed by atoms with van der Waals surface area (Å²) in [6.07, 6.45) is 1.61. The molecule has 94 valence electrons. The van der Waals surface area contributed by atoms with Crippen LogP contribution in [0.4, 0.5) is 8.78 Å². The van der Waals surface area contributed by atoms with Crippen LogP contribution in [0.25, 0.3) is 0 Å². The lowest BCUT2D eigenvalue weighted by molar-refractivity contribution is 0.208. The number of aryl methyl sites for hydroxylation is 1. The quantitative estimate of drug-likeness (QED) is 0.861. The Hall–Kier alpha value is -1.33. The van der Waals surface area contributed by atoms with Gasteiger partial charge in [0, 0.05) is 18.0 Å². The number of pyridine rings is 1. The van der Waals surface area contributed by atoms with Crippen molar-refractivity contribution in [2.24, 2.45) is 0 Å². The molecule has 1 aromatic carbocycles. The lowest BCUT2D eigenvalue weighted by Gasteiger charge is -2.14. The van der Waals surface area contributed by atoms with Gasteiger partial charge in [0.2, 0.25) is 0 Å². The van der Waals surface area contributed by atoms with Crippen molar-refractivity contribution >= 4 is 15.9 Å². The van der Waals surface area contributed by atoms with Gasteiger partial charge < -0.3 is 5.11 Å². The number of halogens is 3. The second-order valence-electron chi connectivity index (χ2n) is 3.96. The first-order chi connectivity index (χ1) is 8.50. The maximum Gasteiger partial charge on any atom is 0.146 e. The molecule has 0 spiro atoms. The minimum Gasteiger partial charge on any atom is -0.383 e. The van der Waals surface area contributed by atoms with E-state index in [-0.39, 0.29) is 10.0 Å². The molecule has 2 nitrogen and oxygen atoms in total. The third kappa shape index (κ3) is 2.42. The molecule has 0 saturated carbocycles. The molecule has 1 unspecified atom stereocenters. The fraction of sp³-hybridized carbons (Fsp3) is 0.154. The monoisotopic (exact) mass is 313 g/mol. The van der Waals surface area contributed by atoms with Gasteiger partial charge >= 0.3 is 0 Å². The maximum atomic E-state index is 13.8. The molecule has 1 heterocycles. The first-order valence-electron chi connectivity index (χ1n) is 5.23. The van der Waals surface area contributed by atoms with E-state index in [9.17, 15) is 13.9 Å². The molecule has 0 radical (unpaired) electrons. The topological polar surface area (TPSA) is 33.1 Å². The van der Waals surface area contributed by atoms with E-state index in [1.165, 1.54) is 12.3 Å². The summed E-state index contributed by atoms with van der Waals surface area (Å²) in [7, 11) is 0. The Labute approximate surface area is 111 Å². The van der Waals surface area contributed by atoms with Crippen LogP contribution in [0.15, 0.2) is 35.1 Å². The number of nitrogens with zero attached hydrogens (tertiary/aromatic N) is 1. The van der Waals surface area contributed by atoms with Gasteiger partial charge in [-0.3, -0.25) is 4.98 Å². The Morgan fingerprint density at radius 2 is 2.00 bits per heavy atom. The third-order valence-corrected chi connectivity index (χ3v) is 3.18. The predicted molar refractivity (Wildman–Crippen MR) is 67.1 cm³/mol. The number of aliphatic hydroxyl groups is 1. The molecule has 0 saturated heterocycles. The smallest absolute Gasteiger partial charge is 0.146 e. The van der Waals surface area contributed by atoms with Crippen molar-refractivity contribution in [3.8, 4) is 0 Å². The largest absolute Gasteiger partial charge is 0.383 e. The minimum atomic E-state index is -1.38. The second-order valence-corrected chi connectivity index (χ2v) is 4.81. The molecule has 2 rings (SSSR count). The summed E-state index contributed by atoms with van der Waals surface area (Å²) in [5.74, 6) is -1.59. The molecule has 0 aliphatic carbocycles. The van der Waals surface area contributed by atoms with E-state index in [0.29, 0.717) is 5.56 Å². The molecule has 0 aliphatic rings. The van der Waals surface area contributed by atoms with Crippen molar-refractivity contribution in [2.75, 3.05) is 0 Å². The summed E-state index contributed by atoms with van der Waals surface area (Å²) in [6.45, 7) is 1.79. The molecule has 0 amide bonds. The average Bonchev–Trinajstić information content (AvgIpc) is 2.34. The van der Waals surface area contributed by atoms with Crippen LogP contribution in [-0.2, 0) is 0 Å². The first kappa shape index (κ1) is 13.1. The fourth-order valence-corrected chi connectivity index (χ4v) is 2.03. The van der Waals surface area contributed by atoms with Gasteiger partial charge in [0.25, 0.3) is 0 Å². The molecule has 0 aliphatic heterocycles. The van der Waals surface area contributed by atoms with E-state index in [2.05, 4.69) is 20.9 Å². The molecule has 1 N–H and O–H groups in total. The highest BCUT2D eigenvalue weighted by Gasteiger charge is 2.21. The molecule has 0 bridgehead atoms. The standard InChI is InChI=1S/C13H10BrF2NO/c1-7-4-8(6-17-5-7)13(18)11-10(15)3-2-9(14)12(11)16/h2-6,13,18H,1H3. The third-order valence-electron chi connectivity index (χ3n) is 2.56. The van der Waals surface area contributed by atoms with Crippen LogP contribution in [0.5, 0.6) is 0 Å². The Bertz CT molecular complexity index is 589. The number of benzene rings is 1. The Kier molecular flexibility index (Phi) is 3.73. The molecule has 1 atom stereocenters. The fourth-order valence-electron chi connectivity index (χ4n) is 1.69. The Morgan fingerprint density at radius 3 is 2.67 bits per heavy atom. The van der Waals surface area contributed by atoms with E-state index in [1.807, 2.05) is 0 Å². The first-order valence-corrected chi connectivity index (χ1v) is 6.03. The predicted octanol–water partition coefficient (Wildman–Crippen LogP) is 3.51. The van der Waals surface area contributed by atoms with Gasteiger partial charge in [-0.1, -0.05) is 6.07 Å². The number of aromatic nitrogens is 1. The second kappa shape index (κ2) is 5.12. The van der Waals surface area contributed by atoms with Gasteiger partial charge in [0.15, 0.2) is 0 Å². The van der Waals surface area contributed by atoms with Crippen LogP contribution in [0, 0.1) is 18.6 Å². The van der Waals surface area contributed by atoms with Crippen LogP contribution < -0.4 is 0 Å². The van der Waals surface area contributed by atoms with Crippen molar-refractivity contribution in [3.05, 3.63) is 63.4 Å². The zero-order valence-corrected chi connectivity index (χ0v) is 11.1. The van der Waals surface area contributed by atoms with E-state index in [0.717, 1.165) is 11.6 Å². The number of rotatable bonds is 2. The number of aliphatic hydroxyl groups excluding tert-OH is 1. The number of hydrogen-bond acceptors (Lipinski definition) is 2. The van der Waals surface area contributed by atoms with Gasteiger partial charge in [-0.25, -0.2) is 8.78 Å². The van der Waals surface area contributed by atoms with Crippen molar-refractivity contribution in [1.82, 2.24) is 4.98 Å². The number of hydrogen-bond donors (Lipinski definition) is 1. The summed E-state index contributed by atoms with van der Waals surface area (Å²) in [4.78, 5) is 3.90. The zero-order chi connectivity index (χ0) is 13.3. The summed E-state index contributed by atoms with van der Waals surface area (Å²) in [5, 5.41) is 10.1. The van der Waals surface area contributed by atoms with E-state index in [4.69, 9.17) is 0 Å². The molecule has 2 aromatic rings. The lowest BCUT2D eigenvalue weighted by atomic mass is 10.0. The van der Waals surface area contributed by atoms with Crippen molar-refractivity contribution < 1.29 is 13.9 Å². The normalized spacial score (nSPS) is 12.5. The minimum absolute atomic E-state index is 0.110. The summed E-state index contributed by atoms with van der Waals surface area (Å²) in [6, 6.07) is 4.00. The van der Waals surface area contributed by atoms with Gasteiger partial charge in [-0.05, 0) is 40.5 Å². The molecule has 5 heteroatoms. The SMILES string of the molecule is Cc1cncc(C(O)c2c(F)ccc(Br)c2F)c1. The highest BCUT2D eigenvalue weighted by Crippen LogP contribution is 2.30. The van der Waals surface area contributed by atoms with E-state index >= 15 is 0 Å². The highest BCUT2D eigenvalue weighted by molar-refractivity contribution is 9.10. The van der Waals surface area contributed by atoms with Gasteiger partial charge in [-0.15, -0.1) is 0 Å².